The van der Waals surface area contributed by atoms with Gasteiger partial charge >= 0.3 is 6.35 Å². The first-order chi connectivity index (χ1) is 4.18. The smallest absolute Gasteiger partial charge is 0.312 e. The third-order valence-corrected chi connectivity index (χ3v) is 0.993. The first kappa shape index (κ1) is 8.00. The molecule has 0 aliphatic rings. The first-order valence-corrected chi connectivity index (χ1v) is 2.83. The molecular formula is C5H8BN2O-. The van der Waals surface area contributed by atoms with Crippen molar-refractivity contribution in [2.24, 2.45) is 0 Å². The molecule has 0 aliphatic heterocycles. The van der Waals surface area contributed by atoms with E-state index in [4.69, 9.17) is 15.2 Å². The summed E-state index contributed by atoms with van der Waals surface area (Å²) in [6.07, 6.45) is -1.85. The third-order valence-electron chi connectivity index (χ3n) is 0.993. The van der Waals surface area contributed by atoms with Gasteiger partial charge in [0.2, 0.25) is 0 Å². The molecule has 0 N–H and O–H groups in total. The van der Waals surface area contributed by atoms with Gasteiger partial charge in [-0.05, 0) is 13.5 Å². The van der Waals surface area contributed by atoms with Crippen molar-refractivity contribution in [2.75, 3.05) is 6.61 Å². The van der Waals surface area contributed by atoms with Crippen molar-refractivity contribution in [3.05, 3.63) is 0 Å². The average molecular weight is 123 g/mol. The maximum atomic E-state index is 8.35. The normalized spacial score (nSPS) is 9.78. The molecule has 48 valence electrons. The summed E-state index contributed by atoms with van der Waals surface area (Å²) >= 11 is 0. The van der Waals surface area contributed by atoms with E-state index in [0.29, 0.717) is 6.61 Å². The predicted molar refractivity (Wildman–Crippen MR) is 34.5 cm³/mol. The van der Waals surface area contributed by atoms with E-state index in [-0.39, 0.29) is 0 Å². The van der Waals surface area contributed by atoms with E-state index in [2.05, 4.69) is 0 Å². The fourth-order valence-corrected chi connectivity index (χ4v) is 0.437. The van der Waals surface area contributed by atoms with Crippen LogP contribution in [-0.2, 0) is 4.65 Å². The van der Waals surface area contributed by atoms with E-state index in [1.165, 1.54) is 6.82 Å². The van der Waals surface area contributed by atoms with Gasteiger partial charge in [0.15, 0.2) is 0 Å². The average Bonchev–Trinajstić information content (AvgIpc) is 1.89. The maximum Gasteiger partial charge on any atom is 0.312 e. The fraction of sp³-hybridized carbons (Fsp3) is 0.600. The van der Waals surface area contributed by atoms with Crippen LogP contribution in [0.1, 0.15) is 6.92 Å². The van der Waals surface area contributed by atoms with Gasteiger partial charge in [0.25, 0.3) is 0 Å². The Kier molecular flexibility index (Phi) is 2.77. The van der Waals surface area contributed by atoms with Crippen LogP contribution < -0.4 is 0 Å². The van der Waals surface area contributed by atoms with Crippen LogP contribution in [0.3, 0.4) is 0 Å². The van der Waals surface area contributed by atoms with Gasteiger partial charge < -0.3 is 4.65 Å². The molecule has 0 bridgehead atoms. The summed E-state index contributed by atoms with van der Waals surface area (Å²) in [4.78, 5) is 0. The van der Waals surface area contributed by atoms with Crippen LogP contribution in [0.25, 0.3) is 0 Å². The second-order valence-electron chi connectivity index (χ2n) is 1.91. The highest BCUT2D eigenvalue weighted by Gasteiger charge is 2.16. The first-order valence-electron chi connectivity index (χ1n) is 2.83. The Labute approximate surface area is 54.8 Å². The van der Waals surface area contributed by atoms with Crippen molar-refractivity contribution < 1.29 is 4.65 Å². The third kappa shape index (κ3) is 2.16. The zero-order valence-corrected chi connectivity index (χ0v) is 5.59. The Balaban J connectivity index is 4.02. The van der Waals surface area contributed by atoms with Gasteiger partial charge in [0.1, 0.15) is 0 Å². The monoisotopic (exact) mass is 123 g/mol. The lowest BCUT2D eigenvalue weighted by atomic mass is 9.45. The Morgan fingerprint density at radius 2 is 1.89 bits per heavy atom. The molecule has 0 atom stereocenters. The molecule has 0 fully saturated rings. The standard InChI is InChI=1S/C5H8BN2O/c1-3-9-6(2,4-7)5-8/h3H2,1-2H3/q-1. The van der Waals surface area contributed by atoms with Crippen molar-refractivity contribution in [1.82, 2.24) is 0 Å². The van der Waals surface area contributed by atoms with Crippen LogP contribution >= 0.6 is 0 Å². The second kappa shape index (κ2) is 3.12. The molecule has 0 aromatic carbocycles. The maximum absolute atomic E-state index is 8.35. The molecule has 3 nitrogen and oxygen atoms in total. The SMILES string of the molecule is CCO[B-](C)(C#N)C#N. The van der Waals surface area contributed by atoms with Crippen LogP contribution in [-0.4, -0.2) is 13.0 Å². The summed E-state index contributed by atoms with van der Waals surface area (Å²) in [5.41, 5.74) is 0. The molecule has 0 rings (SSSR count). The van der Waals surface area contributed by atoms with E-state index < -0.39 is 6.35 Å². The minimum Gasteiger partial charge on any atom is -0.568 e. The highest BCUT2D eigenvalue weighted by atomic mass is 16.4. The van der Waals surface area contributed by atoms with Crippen molar-refractivity contribution in [2.45, 2.75) is 13.7 Å². The molecule has 0 aromatic rings. The molecule has 0 saturated carbocycles. The number of hydrogen-bond acceptors (Lipinski definition) is 3. The van der Waals surface area contributed by atoms with E-state index in [0.717, 1.165) is 0 Å². The molecule has 9 heavy (non-hydrogen) atoms. The van der Waals surface area contributed by atoms with Gasteiger partial charge in [-0.1, -0.05) is 0 Å². The van der Waals surface area contributed by atoms with Crippen LogP contribution in [0, 0.1) is 22.5 Å². The molecule has 0 aromatic heterocycles. The van der Waals surface area contributed by atoms with Crippen molar-refractivity contribution in [3.63, 3.8) is 0 Å². The Hall–Kier alpha value is -0.995. The van der Waals surface area contributed by atoms with E-state index >= 15 is 0 Å². The molecular weight excluding hydrogens is 115 g/mol. The number of hydrogen-bond donors (Lipinski definition) is 0. The van der Waals surface area contributed by atoms with Gasteiger partial charge in [-0.3, -0.25) is 0 Å². The lowest BCUT2D eigenvalue weighted by Crippen LogP contribution is -2.31. The summed E-state index contributed by atoms with van der Waals surface area (Å²) in [6.45, 7) is 3.68. The molecule has 4 heteroatoms. The summed E-state index contributed by atoms with van der Waals surface area (Å²) < 4.78 is 4.87. The van der Waals surface area contributed by atoms with Gasteiger partial charge in [0, 0.05) is 0 Å². The summed E-state index contributed by atoms with van der Waals surface area (Å²) in [6, 6.07) is 0. The number of nitriles is 2. The highest BCUT2D eigenvalue weighted by molar-refractivity contribution is 6.86. The van der Waals surface area contributed by atoms with Crippen molar-refractivity contribution in [3.8, 4) is 11.9 Å². The molecule has 0 heterocycles. The summed E-state index contributed by atoms with van der Waals surface area (Å²) in [5.74, 6) is 3.62. The Morgan fingerprint density at radius 1 is 1.44 bits per heavy atom. The lowest BCUT2D eigenvalue weighted by Gasteiger charge is -2.19. The predicted octanol–water partition coefficient (Wildman–Crippen LogP) is 0.724. The van der Waals surface area contributed by atoms with Crippen LogP contribution in [0.4, 0.5) is 0 Å². The minimum absolute atomic E-state index is 0.414. The zero-order chi connectivity index (χ0) is 7.33. The van der Waals surface area contributed by atoms with Gasteiger partial charge in [-0.2, -0.15) is 0 Å². The molecule has 0 unspecified atom stereocenters. The van der Waals surface area contributed by atoms with Gasteiger partial charge in [-0.15, -0.1) is 18.8 Å². The zero-order valence-electron chi connectivity index (χ0n) is 5.59. The largest absolute Gasteiger partial charge is 0.568 e. The molecule has 0 spiro atoms. The topological polar surface area (TPSA) is 56.8 Å². The number of rotatable bonds is 2. The van der Waals surface area contributed by atoms with Crippen LogP contribution in [0.5, 0.6) is 0 Å². The van der Waals surface area contributed by atoms with Crippen LogP contribution in [0.15, 0.2) is 0 Å². The molecule has 0 saturated heterocycles. The Morgan fingerprint density at radius 3 is 2.00 bits per heavy atom. The Bertz CT molecular complexity index is 153. The lowest BCUT2D eigenvalue weighted by molar-refractivity contribution is 0.344. The van der Waals surface area contributed by atoms with Crippen LogP contribution in [0.2, 0.25) is 6.82 Å². The van der Waals surface area contributed by atoms with Crippen molar-refractivity contribution >= 4 is 6.35 Å². The van der Waals surface area contributed by atoms with E-state index in [1.54, 1.807) is 6.92 Å². The van der Waals surface area contributed by atoms with E-state index in [9.17, 15) is 0 Å². The highest BCUT2D eigenvalue weighted by Crippen LogP contribution is 1.99. The molecule has 0 amide bonds. The summed E-state index contributed by atoms with van der Waals surface area (Å²) in [5, 5.41) is 16.7. The van der Waals surface area contributed by atoms with Gasteiger partial charge in [0.05, 0.1) is 0 Å². The summed E-state index contributed by atoms with van der Waals surface area (Å²) in [7, 11) is 0. The molecule has 0 aliphatic carbocycles. The second-order valence-corrected chi connectivity index (χ2v) is 1.91. The molecule has 0 radical (unpaired) electrons. The quantitative estimate of drug-likeness (QED) is 0.508. The minimum atomic E-state index is -1.85. The van der Waals surface area contributed by atoms with Crippen molar-refractivity contribution in [1.29, 1.82) is 10.5 Å². The fourth-order valence-electron chi connectivity index (χ4n) is 0.437. The van der Waals surface area contributed by atoms with Gasteiger partial charge in [-0.25, -0.2) is 10.5 Å². The number of nitrogens with zero attached hydrogens (tertiary/aromatic N) is 2. The van der Waals surface area contributed by atoms with E-state index in [1.807, 2.05) is 11.9 Å².